The number of hydrogen-bond acceptors (Lipinski definition) is 2. The molecule has 4 heteroatoms. The minimum atomic E-state index is -0.382. The molecule has 2 rings (SSSR count). The second-order valence-electron chi connectivity index (χ2n) is 4.32. The van der Waals surface area contributed by atoms with Crippen LogP contribution in [0, 0.1) is 5.82 Å². The fraction of sp³-hybridized carbons (Fsp3) is 0.0625. The number of nitrogens with one attached hydrogen (secondary N) is 1. The standard InChI is InChI=1S/C16H13ClFNO/c1-11(19-15-5-3-2-4-14(15)18)10-16(20)12-6-8-13(17)9-7-12/h2-9,19H,1,10H2. The summed E-state index contributed by atoms with van der Waals surface area (Å²) in [5.74, 6) is -0.483. The SMILES string of the molecule is C=C(CC(=O)c1ccc(Cl)cc1)Nc1ccccc1F. The maximum Gasteiger partial charge on any atom is 0.168 e. The molecule has 2 nitrogen and oxygen atoms in total. The van der Waals surface area contributed by atoms with Crippen LogP contribution in [0.2, 0.25) is 5.02 Å². The summed E-state index contributed by atoms with van der Waals surface area (Å²) in [5, 5.41) is 3.38. The Hall–Kier alpha value is -2.13. The second kappa shape index (κ2) is 6.35. The van der Waals surface area contributed by atoms with E-state index in [0.29, 0.717) is 22.0 Å². The lowest BCUT2D eigenvalue weighted by Crippen LogP contribution is -2.07. The lowest BCUT2D eigenvalue weighted by Gasteiger charge is -2.10. The highest BCUT2D eigenvalue weighted by Gasteiger charge is 2.09. The first-order valence-electron chi connectivity index (χ1n) is 6.04. The number of rotatable bonds is 5. The molecule has 0 aromatic heterocycles. The van der Waals surface area contributed by atoms with Gasteiger partial charge in [-0.1, -0.05) is 30.3 Å². The van der Waals surface area contributed by atoms with Crippen molar-refractivity contribution in [3.63, 3.8) is 0 Å². The van der Waals surface area contributed by atoms with Crippen LogP contribution in [-0.4, -0.2) is 5.78 Å². The van der Waals surface area contributed by atoms with Crippen molar-refractivity contribution < 1.29 is 9.18 Å². The number of allylic oxidation sites excluding steroid dienone is 1. The van der Waals surface area contributed by atoms with Gasteiger partial charge < -0.3 is 5.32 Å². The van der Waals surface area contributed by atoms with Crippen LogP contribution in [0.15, 0.2) is 60.8 Å². The average molecular weight is 290 g/mol. The summed E-state index contributed by atoms with van der Waals surface area (Å²) in [4.78, 5) is 12.0. The number of Topliss-reactive ketones (excluding diaryl/α,β-unsaturated/α-hetero) is 1. The van der Waals surface area contributed by atoms with Crippen molar-refractivity contribution in [3.8, 4) is 0 Å². The van der Waals surface area contributed by atoms with Crippen LogP contribution in [0.25, 0.3) is 0 Å². The number of hydrogen-bond donors (Lipinski definition) is 1. The first kappa shape index (κ1) is 14.3. The van der Waals surface area contributed by atoms with Gasteiger partial charge in [0.2, 0.25) is 0 Å². The minimum absolute atomic E-state index is 0.0932. The van der Waals surface area contributed by atoms with Gasteiger partial charge in [0.1, 0.15) is 5.82 Å². The normalized spacial score (nSPS) is 10.1. The zero-order valence-corrected chi connectivity index (χ0v) is 11.5. The smallest absolute Gasteiger partial charge is 0.168 e. The second-order valence-corrected chi connectivity index (χ2v) is 4.75. The van der Waals surface area contributed by atoms with Gasteiger partial charge in [-0.05, 0) is 36.4 Å². The van der Waals surface area contributed by atoms with Crippen molar-refractivity contribution in [1.82, 2.24) is 0 Å². The number of carbonyl (C=O) groups is 1. The average Bonchev–Trinajstić information content (AvgIpc) is 2.42. The Balaban J connectivity index is 2.00. The third-order valence-electron chi connectivity index (χ3n) is 2.73. The molecular weight excluding hydrogens is 277 g/mol. The van der Waals surface area contributed by atoms with E-state index in [1.54, 1.807) is 42.5 Å². The molecular formula is C16H13ClFNO. The van der Waals surface area contributed by atoms with E-state index in [4.69, 9.17) is 11.6 Å². The first-order valence-corrected chi connectivity index (χ1v) is 6.42. The van der Waals surface area contributed by atoms with Gasteiger partial charge in [0, 0.05) is 16.3 Å². The summed E-state index contributed by atoms with van der Waals surface area (Å²) < 4.78 is 13.5. The maximum absolute atomic E-state index is 13.5. The van der Waals surface area contributed by atoms with Gasteiger partial charge in [-0.25, -0.2) is 4.39 Å². The van der Waals surface area contributed by atoms with Gasteiger partial charge >= 0.3 is 0 Å². The molecule has 0 aliphatic carbocycles. The van der Waals surface area contributed by atoms with Crippen molar-refractivity contribution in [2.45, 2.75) is 6.42 Å². The monoisotopic (exact) mass is 289 g/mol. The molecule has 2 aromatic rings. The number of anilines is 1. The molecule has 0 aliphatic heterocycles. The van der Waals surface area contributed by atoms with E-state index >= 15 is 0 Å². The van der Waals surface area contributed by atoms with E-state index in [1.807, 2.05) is 0 Å². The first-order chi connectivity index (χ1) is 9.56. The van der Waals surface area contributed by atoms with Gasteiger partial charge in [0.15, 0.2) is 5.78 Å². The summed E-state index contributed by atoms with van der Waals surface area (Å²) in [5.41, 5.74) is 1.29. The predicted octanol–water partition coefficient (Wildman–Crippen LogP) is 4.68. The molecule has 0 bridgehead atoms. The zero-order chi connectivity index (χ0) is 14.5. The van der Waals surface area contributed by atoms with Crippen LogP contribution in [0.5, 0.6) is 0 Å². The van der Waals surface area contributed by atoms with Crippen LogP contribution in [0.1, 0.15) is 16.8 Å². The van der Waals surface area contributed by atoms with E-state index in [1.165, 1.54) is 6.07 Å². The van der Waals surface area contributed by atoms with Crippen LogP contribution in [0.3, 0.4) is 0 Å². The molecule has 0 saturated heterocycles. The van der Waals surface area contributed by atoms with E-state index in [9.17, 15) is 9.18 Å². The largest absolute Gasteiger partial charge is 0.357 e. The summed E-state index contributed by atoms with van der Waals surface area (Å²) in [6.07, 6.45) is 0.0932. The Kier molecular flexibility index (Phi) is 4.53. The Morgan fingerprint density at radius 1 is 1.15 bits per heavy atom. The van der Waals surface area contributed by atoms with Gasteiger partial charge in [-0.15, -0.1) is 0 Å². The molecule has 0 radical (unpaired) electrons. The van der Waals surface area contributed by atoms with Crippen LogP contribution in [-0.2, 0) is 0 Å². The Labute approximate surface area is 121 Å². The zero-order valence-electron chi connectivity index (χ0n) is 10.7. The summed E-state index contributed by atoms with van der Waals surface area (Å²) in [7, 11) is 0. The molecule has 2 aromatic carbocycles. The van der Waals surface area contributed by atoms with Crippen molar-refractivity contribution in [3.05, 3.63) is 77.2 Å². The summed E-state index contributed by atoms with van der Waals surface area (Å²) in [6.45, 7) is 3.75. The predicted molar refractivity (Wildman–Crippen MR) is 79.6 cm³/mol. The molecule has 1 N–H and O–H groups in total. The molecule has 0 unspecified atom stereocenters. The molecule has 0 saturated carbocycles. The van der Waals surface area contributed by atoms with Gasteiger partial charge in [0.25, 0.3) is 0 Å². The number of halogens is 2. The maximum atomic E-state index is 13.5. The highest BCUT2D eigenvalue weighted by molar-refractivity contribution is 6.30. The summed E-state index contributed by atoms with van der Waals surface area (Å²) in [6, 6.07) is 12.9. The Bertz CT molecular complexity index is 637. The van der Waals surface area contributed by atoms with E-state index in [2.05, 4.69) is 11.9 Å². The molecule has 20 heavy (non-hydrogen) atoms. The number of ketones is 1. The van der Waals surface area contributed by atoms with E-state index in [-0.39, 0.29) is 18.0 Å². The third kappa shape index (κ3) is 3.68. The van der Waals surface area contributed by atoms with Crippen LogP contribution in [0.4, 0.5) is 10.1 Å². The molecule has 0 atom stereocenters. The fourth-order valence-corrected chi connectivity index (χ4v) is 1.85. The van der Waals surface area contributed by atoms with Crippen LogP contribution >= 0.6 is 11.6 Å². The fourth-order valence-electron chi connectivity index (χ4n) is 1.73. The summed E-state index contributed by atoms with van der Waals surface area (Å²) >= 11 is 5.76. The lowest BCUT2D eigenvalue weighted by atomic mass is 10.1. The molecule has 0 amide bonds. The minimum Gasteiger partial charge on any atom is -0.357 e. The highest BCUT2D eigenvalue weighted by atomic mass is 35.5. The molecule has 102 valence electrons. The van der Waals surface area contributed by atoms with Crippen molar-refractivity contribution in [2.24, 2.45) is 0 Å². The number of para-hydroxylation sites is 1. The molecule has 0 fully saturated rings. The number of benzene rings is 2. The van der Waals surface area contributed by atoms with Gasteiger partial charge in [-0.2, -0.15) is 0 Å². The highest BCUT2D eigenvalue weighted by Crippen LogP contribution is 2.17. The van der Waals surface area contributed by atoms with Crippen molar-refractivity contribution >= 4 is 23.1 Å². The van der Waals surface area contributed by atoms with Gasteiger partial charge in [0.05, 0.1) is 12.1 Å². The van der Waals surface area contributed by atoms with Crippen molar-refractivity contribution in [2.75, 3.05) is 5.32 Å². The van der Waals surface area contributed by atoms with E-state index in [0.717, 1.165) is 0 Å². The Morgan fingerprint density at radius 3 is 2.45 bits per heavy atom. The van der Waals surface area contributed by atoms with Crippen LogP contribution < -0.4 is 5.32 Å². The lowest BCUT2D eigenvalue weighted by molar-refractivity contribution is 0.0993. The number of carbonyl (C=O) groups excluding carboxylic acids is 1. The van der Waals surface area contributed by atoms with Gasteiger partial charge in [-0.3, -0.25) is 4.79 Å². The van der Waals surface area contributed by atoms with Crippen molar-refractivity contribution in [1.29, 1.82) is 0 Å². The molecule has 0 heterocycles. The quantitative estimate of drug-likeness (QED) is 0.810. The third-order valence-corrected chi connectivity index (χ3v) is 2.98. The molecule has 0 spiro atoms. The Morgan fingerprint density at radius 2 is 1.80 bits per heavy atom. The topological polar surface area (TPSA) is 29.1 Å². The van der Waals surface area contributed by atoms with E-state index < -0.39 is 0 Å². The molecule has 0 aliphatic rings.